The Morgan fingerprint density at radius 1 is 1.12 bits per heavy atom. The molecule has 3 aromatic rings. The fourth-order valence-corrected chi connectivity index (χ4v) is 4.52. The number of phenols is 1. The summed E-state index contributed by atoms with van der Waals surface area (Å²) in [6.45, 7) is 2.38. The number of aromatic hydroxyl groups is 1. The van der Waals surface area contributed by atoms with Gasteiger partial charge in [-0.25, -0.2) is 0 Å². The summed E-state index contributed by atoms with van der Waals surface area (Å²) in [6.07, 6.45) is 0.301. The molecule has 0 amide bonds. The molecule has 2 atom stereocenters. The van der Waals surface area contributed by atoms with E-state index in [0.29, 0.717) is 23.8 Å². The Balaban J connectivity index is 1.76. The number of methoxy groups -OCH3 is 1. The zero-order valence-corrected chi connectivity index (χ0v) is 20.2. The lowest BCUT2D eigenvalue weighted by Gasteiger charge is -2.31. The molecule has 32 heavy (non-hydrogen) atoms. The summed E-state index contributed by atoms with van der Waals surface area (Å²) < 4.78 is 11.8. The number of nitrogens with one attached hydrogen (secondary N) is 1. The van der Waals surface area contributed by atoms with Crippen molar-refractivity contribution in [2.24, 2.45) is 4.99 Å². The number of ether oxygens (including phenoxy) is 2. The minimum atomic E-state index is -0.309. The Labute approximate surface area is 201 Å². The van der Waals surface area contributed by atoms with Crippen LogP contribution in [0.3, 0.4) is 0 Å². The second-order valence-corrected chi connectivity index (χ2v) is 8.72. The zero-order valence-electron chi connectivity index (χ0n) is 17.8. The molecule has 3 aromatic carbocycles. The van der Waals surface area contributed by atoms with Crippen LogP contribution in [0.2, 0.25) is 5.02 Å². The first-order valence-electron chi connectivity index (χ1n) is 10.4. The molecule has 0 aromatic heterocycles. The van der Waals surface area contributed by atoms with Gasteiger partial charge in [-0.3, -0.25) is 10.3 Å². The highest BCUT2D eigenvalue weighted by Crippen LogP contribution is 2.39. The Bertz CT molecular complexity index is 1130. The molecule has 7 heteroatoms. The molecule has 0 bridgehead atoms. The highest BCUT2D eigenvalue weighted by molar-refractivity contribution is 9.10. The maximum atomic E-state index is 10.9. The third-order valence-electron chi connectivity index (χ3n) is 5.42. The smallest absolute Gasteiger partial charge is 0.162 e. The predicted octanol–water partition coefficient (Wildman–Crippen LogP) is 6.44. The molecular formula is C25H24BrClN2O3. The van der Waals surface area contributed by atoms with E-state index in [1.165, 1.54) is 0 Å². The normalized spacial score (nSPS) is 18.2. The molecule has 1 aliphatic heterocycles. The van der Waals surface area contributed by atoms with Gasteiger partial charge in [-0.1, -0.05) is 41.9 Å². The first-order chi connectivity index (χ1) is 15.5. The fraction of sp³-hybridized carbons (Fsp3) is 0.240. The van der Waals surface area contributed by atoms with Crippen LogP contribution in [-0.2, 0) is 0 Å². The average Bonchev–Trinajstić information content (AvgIpc) is 2.80. The van der Waals surface area contributed by atoms with E-state index in [0.717, 1.165) is 32.6 Å². The Hall–Kier alpha value is -2.54. The van der Waals surface area contributed by atoms with Crippen LogP contribution >= 0.6 is 27.5 Å². The third kappa shape index (κ3) is 4.77. The minimum Gasteiger partial charge on any atom is -0.504 e. The summed E-state index contributed by atoms with van der Waals surface area (Å²) >= 11 is 9.67. The van der Waals surface area contributed by atoms with Gasteiger partial charge in [0, 0.05) is 28.8 Å². The number of rotatable bonds is 6. The highest BCUT2D eigenvalue weighted by atomic mass is 79.9. The second kappa shape index (κ2) is 9.94. The molecule has 4 rings (SSSR count). The quantitative estimate of drug-likeness (QED) is 0.397. The molecule has 0 aliphatic carbocycles. The largest absolute Gasteiger partial charge is 0.504 e. The standard InChI is InChI=1S/C25H24BrClN2O3/c1-3-32-23-6-4-5-18(24(23)30)21-14-20(15-7-10-17(27)11-8-15)28-25(29-21)16-9-12-22(31-2)19(26)13-16/h4-13,21,25,29-30H,3,14H2,1-2H3/t21-,25-/m1/s1. The van der Waals surface area contributed by atoms with Gasteiger partial charge in [0.2, 0.25) is 0 Å². The van der Waals surface area contributed by atoms with Crippen LogP contribution in [0.5, 0.6) is 17.2 Å². The van der Waals surface area contributed by atoms with Gasteiger partial charge in [-0.2, -0.15) is 0 Å². The lowest BCUT2D eigenvalue weighted by molar-refractivity contribution is 0.313. The van der Waals surface area contributed by atoms with Crippen molar-refractivity contribution in [1.29, 1.82) is 0 Å². The lowest BCUT2D eigenvalue weighted by atomic mass is 9.93. The van der Waals surface area contributed by atoms with E-state index >= 15 is 0 Å². The van der Waals surface area contributed by atoms with E-state index in [2.05, 4.69) is 21.2 Å². The Morgan fingerprint density at radius 2 is 1.91 bits per heavy atom. The Morgan fingerprint density at radius 3 is 2.59 bits per heavy atom. The summed E-state index contributed by atoms with van der Waals surface area (Å²) in [6, 6.07) is 19.0. The molecule has 0 saturated carbocycles. The van der Waals surface area contributed by atoms with Crippen molar-refractivity contribution in [1.82, 2.24) is 5.32 Å². The second-order valence-electron chi connectivity index (χ2n) is 7.43. The van der Waals surface area contributed by atoms with Gasteiger partial charge in [-0.15, -0.1) is 0 Å². The maximum absolute atomic E-state index is 10.9. The van der Waals surface area contributed by atoms with Gasteiger partial charge >= 0.3 is 0 Å². The molecule has 0 unspecified atom stereocenters. The molecule has 1 aliphatic rings. The zero-order chi connectivity index (χ0) is 22.7. The first kappa shape index (κ1) is 22.6. The van der Waals surface area contributed by atoms with Gasteiger partial charge in [0.1, 0.15) is 11.9 Å². The van der Waals surface area contributed by atoms with E-state index in [1.807, 2.05) is 61.5 Å². The van der Waals surface area contributed by atoms with E-state index < -0.39 is 0 Å². The number of halogens is 2. The topological polar surface area (TPSA) is 63.1 Å². The molecular weight excluding hydrogens is 492 g/mol. The number of hydrogen-bond donors (Lipinski definition) is 2. The molecule has 0 radical (unpaired) electrons. The van der Waals surface area contributed by atoms with Crippen LogP contribution in [0.15, 0.2) is 70.1 Å². The van der Waals surface area contributed by atoms with Gasteiger partial charge in [0.05, 0.1) is 18.2 Å². The van der Waals surface area contributed by atoms with Gasteiger partial charge < -0.3 is 14.6 Å². The summed E-state index contributed by atoms with van der Waals surface area (Å²) in [5, 5.41) is 15.1. The monoisotopic (exact) mass is 514 g/mol. The number of para-hydroxylation sites is 1. The van der Waals surface area contributed by atoms with Crippen LogP contribution < -0.4 is 14.8 Å². The van der Waals surface area contributed by atoms with Crippen molar-refractivity contribution < 1.29 is 14.6 Å². The van der Waals surface area contributed by atoms with Crippen LogP contribution in [0.4, 0.5) is 0 Å². The van der Waals surface area contributed by atoms with Crippen LogP contribution in [0.25, 0.3) is 0 Å². The number of phenolic OH excluding ortho intramolecular Hbond substituents is 1. The van der Waals surface area contributed by atoms with Crippen molar-refractivity contribution >= 4 is 33.2 Å². The molecule has 1 heterocycles. The summed E-state index contributed by atoms with van der Waals surface area (Å²) in [5.41, 5.74) is 3.69. The van der Waals surface area contributed by atoms with Gasteiger partial charge in [0.15, 0.2) is 11.5 Å². The van der Waals surface area contributed by atoms with E-state index in [1.54, 1.807) is 13.2 Å². The van der Waals surface area contributed by atoms with Gasteiger partial charge in [0.25, 0.3) is 0 Å². The van der Waals surface area contributed by atoms with Crippen molar-refractivity contribution in [3.8, 4) is 17.2 Å². The number of aliphatic imine (C=N–C) groups is 1. The third-order valence-corrected chi connectivity index (χ3v) is 6.29. The molecule has 166 valence electrons. The summed E-state index contributed by atoms with van der Waals surface area (Å²) in [4.78, 5) is 5.00. The number of benzene rings is 3. The van der Waals surface area contributed by atoms with Crippen molar-refractivity contribution in [2.45, 2.75) is 25.6 Å². The highest BCUT2D eigenvalue weighted by Gasteiger charge is 2.29. The van der Waals surface area contributed by atoms with E-state index in [9.17, 15) is 5.11 Å². The first-order valence-corrected chi connectivity index (χ1v) is 11.5. The SMILES string of the molecule is CCOc1cccc([C@H]2CC(c3ccc(Cl)cc3)=N[C@@H](c3ccc(OC)c(Br)c3)N2)c1O. The number of nitrogens with zero attached hydrogens (tertiary/aromatic N) is 1. The molecule has 0 fully saturated rings. The molecule has 5 nitrogen and oxygen atoms in total. The van der Waals surface area contributed by atoms with E-state index in [-0.39, 0.29) is 18.0 Å². The molecule has 0 spiro atoms. The van der Waals surface area contributed by atoms with Crippen molar-refractivity contribution in [2.75, 3.05) is 13.7 Å². The predicted molar refractivity (Wildman–Crippen MR) is 131 cm³/mol. The summed E-state index contributed by atoms with van der Waals surface area (Å²) in [7, 11) is 1.64. The van der Waals surface area contributed by atoms with Crippen LogP contribution in [0, 0.1) is 0 Å². The van der Waals surface area contributed by atoms with Crippen molar-refractivity contribution in [3.05, 3.63) is 86.8 Å². The van der Waals surface area contributed by atoms with Gasteiger partial charge in [-0.05, 0) is 64.3 Å². The lowest BCUT2D eigenvalue weighted by Crippen LogP contribution is -2.33. The Kier molecular flexibility index (Phi) is 7.04. The minimum absolute atomic E-state index is 0.152. The fourth-order valence-electron chi connectivity index (χ4n) is 3.84. The van der Waals surface area contributed by atoms with Crippen LogP contribution in [0.1, 0.15) is 42.2 Å². The number of hydrogen-bond acceptors (Lipinski definition) is 5. The van der Waals surface area contributed by atoms with Crippen LogP contribution in [-0.4, -0.2) is 24.5 Å². The van der Waals surface area contributed by atoms with E-state index in [4.69, 9.17) is 26.1 Å². The average molecular weight is 516 g/mol. The summed E-state index contributed by atoms with van der Waals surface area (Å²) in [5.74, 6) is 1.38. The molecule has 0 saturated heterocycles. The van der Waals surface area contributed by atoms with Crippen molar-refractivity contribution in [3.63, 3.8) is 0 Å². The maximum Gasteiger partial charge on any atom is 0.162 e. The molecule has 2 N–H and O–H groups in total.